The number of Topliss-reactive ketones (excluding diaryl/α,β-unsaturated/α-hetero) is 1. The molecule has 5 nitrogen and oxygen atoms in total. The van der Waals surface area contributed by atoms with Crippen LogP contribution < -0.4 is 40.0 Å². The number of nitrogens with one attached hydrogen (secondary N) is 1. The Morgan fingerprint density at radius 1 is 1.25 bits per heavy atom. The molecule has 16 heavy (non-hydrogen) atoms. The van der Waals surface area contributed by atoms with E-state index in [1.807, 2.05) is 0 Å². The first kappa shape index (κ1) is 14.8. The molecule has 0 atom stereocenters. The summed E-state index contributed by atoms with van der Waals surface area (Å²) in [5.41, 5.74) is 5.76. The second-order valence-electron chi connectivity index (χ2n) is 2.88. The molecule has 1 aromatic carbocycles. The van der Waals surface area contributed by atoms with Crippen molar-refractivity contribution in [3.8, 4) is 5.75 Å². The Morgan fingerprint density at radius 3 is 2.12 bits per heavy atom. The summed E-state index contributed by atoms with van der Waals surface area (Å²) < 4.78 is 4.71. The zero-order valence-corrected chi connectivity index (χ0v) is 11.1. The molecule has 1 rings (SSSR count). The van der Waals surface area contributed by atoms with Gasteiger partial charge in [-0.2, -0.15) is 0 Å². The molecule has 0 bridgehead atoms. The Labute approximate surface area is 115 Å². The zero-order valence-electron chi connectivity index (χ0n) is 9.11. The second kappa shape index (κ2) is 6.42. The van der Waals surface area contributed by atoms with Gasteiger partial charge in [-0.3, -0.25) is 10.2 Å². The smallest absolute Gasteiger partial charge is 0.421 e. The maximum atomic E-state index is 10.9. The van der Waals surface area contributed by atoms with Crippen molar-refractivity contribution in [3.05, 3.63) is 29.8 Å². The van der Waals surface area contributed by atoms with E-state index in [1.165, 1.54) is 24.3 Å². The van der Waals surface area contributed by atoms with Crippen molar-refractivity contribution >= 4 is 17.6 Å². The predicted molar refractivity (Wildman–Crippen MR) is 53.8 cm³/mol. The summed E-state index contributed by atoms with van der Waals surface area (Å²) in [6, 6.07) is 6.01. The standard InChI is InChI=1S/C10H10N2O3.Na/c1-6(13)10(14)15-8-4-2-7(3-5-8)9(11)12;/h2-5H,1H3,(H3,11,12);/q;+1. The zero-order chi connectivity index (χ0) is 11.4. The van der Waals surface area contributed by atoms with E-state index in [9.17, 15) is 9.59 Å². The van der Waals surface area contributed by atoms with Gasteiger partial charge in [-0.25, -0.2) is 4.79 Å². The van der Waals surface area contributed by atoms with Gasteiger partial charge in [0.2, 0.25) is 5.78 Å². The Bertz CT molecular complexity index is 415. The molecule has 0 spiro atoms. The van der Waals surface area contributed by atoms with Crippen LogP contribution in [0.1, 0.15) is 12.5 Å². The second-order valence-corrected chi connectivity index (χ2v) is 2.88. The van der Waals surface area contributed by atoms with Crippen LogP contribution in [0.3, 0.4) is 0 Å². The third-order valence-corrected chi connectivity index (χ3v) is 1.66. The van der Waals surface area contributed by atoms with Crippen LogP contribution in [0.4, 0.5) is 0 Å². The number of ketones is 1. The van der Waals surface area contributed by atoms with Crippen LogP contribution >= 0.6 is 0 Å². The average Bonchev–Trinajstić information content (AvgIpc) is 2.18. The molecule has 0 aliphatic carbocycles. The van der Waals surface area contributed by atoms with Crippen molar-refractivity contribution in [3.63, 3.8) is 0 Å². The molecule has 3 N–H and O–H groups in total. The van der Waals surface area contributed by atoms with Crippen LogP contribution in [0.15, 0.2) is 24.3 Å². The molecular weight excluding hydrogens is 219 g/mol. The SMILES string of the molecule is CC(=O)C(=O)Oc1ccc(C(=N)N)cc1.[Na+]. The van der Waals surface area contributed by atoms with E-state index in [0.717, 1.165) is 6.92 Å². The number of amidine groups is 1. The first-order valence-electron chi connectivity index (χ1n) is 4.18. The van der Waals surface area contributed by atoms with E-state index in [2.05, 4.69) is 0 Å². The van der Waals surface area contributed by atoms with E-state index in [4.69, 9.17) is 15.9 Å². The summed E-state index contributed by atoms with van der Waals surface area (Å²) in [4.78, 5) is 21.5. The van der Waals surface area contributed by atoms with Crippen LogP contribution in [0.2, 0.25) is 0 Å². The van der Waals surface area contributed by atoms with Gasteiger partial charge in [0.05, 0.1) is 0 Å². The minimum atomic E-state index is -0.912. The van der Waals surface area contributed by atoms with Gasteiger partial charge in [-0.1, -0.05) is 0 Å². The van der Waals surface area contributed by atoms with Crippen molar-refractivity contribution in [1.82, 2.24) is 0 Å². The summed E-state index contributed by atoms with van der Waals surface area (Å²) in [6.07, 6.45) is 0. The van der Waals surface area contributed by atoms with Gasteiger partial charge in [-0.15, -0.1) is 0 Å². The number of nitrogens with two attached hydrogens (primary N) is 1. The van der Waals surface area contributed by atoms with Crippen molar-refractivity contribution in [2.24, 2.45) is 5.73 Å². The number of carbonyl (C=O) groups excluding carboxylic acids is 2. The molecule has 0 saturated carbocycles. The van der Waals surface area contributed by atoms with Crippen molar-refractivity contribution < 1.29 is 43.9 Å². The molecule has 0 aromatic heterocycles. The van der Waals surface area contributed by atoms with Crippen molar-refractivity contribution in [1.29, 1.82) is 5.41 Å². The fourth-order valence-electron chi connectivity index (χ4n) is 0.881. The largest absolute Gasteiger partial charge is 1.00 e. The monoisotopic (exact) mass is 229 g/mol. The maximum absolute atomic E-state index is 10.9. The van der Waals surface area contributed by atoms with Crippen LogP contribution in [0.25, 0.3) is 0 Å². The van der Waals surface area contributed by atoms with Gasteiger partial charge in [0.1, 0.15) is 11.6 Å². The summed E-state index contributed by atoms with van der Waals surface area (Å²) in [5, 5.41) is 7.13. The van der Waals surface area contributed by atoms with Crippen LogP contribution in [-0.4, -0.2) is 17.6 Å². The third-order valence-electron chi connectivity index (χ3n) is 1.66. The van der Waals surface area contributed by atoms with Gasteiger partial charge < -0.3 is 10.5 Å². The van der Waals surface area contributed by atoms with Crippen LogP contribution in [-0.2, 0) is 9.59 Å². The Hall–Kier alpha value is -1.17. The summed E-state index contributed by atoms with van der Waals surface area (Å²) in [5.74, 6) is -1.39. The molecule has 0 radical (unpaired) electrons. The van der Waals surface area contributed by atoms with E-state index in [-0.39, 0.29) is 41.1 Å². The Morgan fingerprint density at radius 2 is 1.75 bits per heavy atom. The molecule has 0 unspecified atom stereocenters. The molecule has 0 fully saturated rings. The molecule has 1 aromatic rings. The van der Waals surface area contributed by atoms with Crippen molar-refractivity contribution in [2.75, 3.05) is 0 Å². The summed E-state index contributed by atoms with van der Waals surface area (Å²) in [7, 11) is 0. The van der Waals surface area contributed by atoms with E-state index in [0.29, 0.717) is 5.56 Å². The number of esters is 1. The van der Waals surface area contributed by atoms with Gasteiger partial charge in [0.25, 0.3) is 0 Å². The molecule has 78 valence electrons. The fraction of sp³-hybridized carbons (Fsp3) is 0.100. The number of benzene rings is 1. The molecule has 0 heterocycles. The number of hydrogen-bond donors (Lipinski definition) is 2. The number of rotatable bonds is 3. The number of hydrogen-bond acceptors (Lipinski definition) is 4. The van der Waals surface area contributed by atoms with Gasteiger partial charge in [0.15, 0.2) is 0 Å². The molecule has 6 heteroatoms. The average molecular weight is 229 g/mol. The molecule has 0 aliphatic rings. The van der Waals surface area contributed by atoms with Crippen LogP contribution in [0, 0.1) is 5.41 Å². The summed E-state index contributed by atoms with van der Waals surface area (Å²) >= 11 is 0. The molecular formula is C10H10N2NaO3+. The molecule has 0 aliphatic heterocycles. The van der Waals surface area contributed by atoms with E-state index in [1.54, 1.807) is 0 Å². The van der Waals surface area contributed by atoms with Gasteiger partial charge in [-0.05, 0) is 24.3 Å². The van der Waals surface area contributed by atoms with Crippen LogP contribution in [0.5, 0.6) is 5.75 Å². The minimum Gasteiger partial charge on any atom is -0.421 e. The third kappa shape index (κ3) is 4.14. The van der Waals surface area contributed by atoms with E-state index >= 15 is 0 Å². The first-order valence-corrected chi connectivity index (χ1v) is 4.18. The number of ether oxygens (including phenoxy) is 1. The molecule has 0 amide bonds. The minimum absolute atomic E-state index is 0. The number of nitrogen functional groups attached to an aromatic ring is 1. The Balaban J connectivity index is 0.00000225. The van der Waals surface area contributed by atoms with Crippen molar-refractivity contribution in [2.45, 2.75) is 6.92 Å². The topological polar surface area (TPSA) is 93.2 Å². The quantitative estimate of drug-likeness (QED) is 0.149. The first-order chi connectivity index (χ1) is 7.00. The fourth-order valence-corrected chi connectivity index (χ4v) is 0.881. The number of carbonyl (C=O) groups is 2. The van der Waals surface area contributed by atoms with E-state index < -0.39 is 11.8 Å². The summed E-state index contributed by atoms with van der Waals surface area (Å²) in [6.45, 7) is 1.13. The predicted octanol–water partition coefficient (Wildman–Crippen LogP) is -2.53. The maximum Gasteiger partial charge on any atom is 1.00 e. The van der Waals surface area contributed by atoms with Gasteiger partial charge in [0, 0.05) is 12.5 Å². The molecule has 0 saturated heterocycles. The normalized spacial score (nSPS) is 8.81. The Kier molecular flexibility index (Phi) is 5.95. The van der Waals surface area contributed by atoms with Gasteiger partial charge >= 0.3 is 35.5 Å².